The SMILES string of the molecule is CCOc1ccc2nc3c(c(NC4CC4)c2c1)COCC3. The van der Waals surface area contributed by atoms with Crippen LogP contribution in [-0.4, -0.2) is 24.2 Å². The molecule has 0 bridgehead atoms. The zero-order valence-electron chi connectivity index (χ0n) is 12.3. The van der Waals surface area contributed by atoms with Crippen LogP contribution < -0.4 is 10.1 Å². The Bertz CT molecular complexity index is 680. The Labute approximate surface area is 124 Å². The molecule has 1 aromatic carbocycles. The van der Waals surface area contributed by atoms with Crippen molar-refractivity contribution >= 4 is 16.6 Å². The number of hydrogen-bond donors (Lipinski definition) is 1. The summed E-state index contributed by atoms with van der Waals surface area (Å²) >= 11 is 0. The first-order chi connectivity index (χ1) is 10.3. The van der Waals surface area contributed by atoms with Crippen LogP contribution in [0.4, 0.5) is 5.69 Å². The predicted octanol–water partition coefficient (Wildman–Crippen LogP) is 3.28. The molecule has 2 heterocycles. The molecule has 1 aliphatic heterocycles. The topological polar surface area (TPSA) is 43.4 Å². The zero-order valence-corrected chi connectivity index (χ0v) is 12.3. The number of fused-ring (bicyclic) bond motifs is 2. The van der Waals surface area contributed by atoms with Crippen LogP contribution in [0, 0.1) is 0 Å². The molecule has 0 spiro atoms. The molecule has 21 heavy (non-hydrogen) atoms. The molecule has 0 unspecified atom stereocenters. The molecule has 1 aromatic heterocycles. The van der Waals surface area contributed by atoms with E-state index in [2.05, 4.69) is 17.4 Å². The number of aromatic nitrogens is 1. The lowest BCUT2D eigenvalue weighted by Crippen LogP contribution is -2.16. The number of hydrogen-bond acceptors (Lipinski definition) is 4. The Balaban J connectivity index is 1.89. The lowest BCUT2D eigenvalue weighted by Gasteiger charge is -2.22. The van der Waals surface area contributed by atoms with Crippen molar-refractivity contribution in [2.24, 2.45) is 0 Å². The number of ether oxygens (including phenoxy) is 2. The van der Waals surface area contributed by atoms with Gasteiger partial charge in [0.2, 0.25) is 0 Å². The fourth-order valence-electron chi connectivity index (χ4n) is 2.89. The van der Waals surface area contributed by atoms with Gasteiger partial charge >= 0.3 is 0 Å². The average Bonchev–Trinajstić information content (AvgIpc) is 3.32. The van der Waals surface area contributed by atoms with Crippen LogP contribution in [0.2, 0.25) is 0 Å². The van der Waals surface area contributed by atoms with E-state index >= 15 is 0 Å². The number of anilines is 1. The molecule has 0 amide bonds. The van der Waals surface area contributed by atoms with Gasteiger partial charge < -0.3 is 14.8 Å². The van der Waals surface area contributed by atoms with E-state index in [9.17, 15) is 0 Å². The molecule has 0 saturated heterocycles. The fourth-order valence-corrected chi connectivity index (χ4v) is 2.89. The smallest absolute Gasteiger partial charge is 0.120 e. The minimum absolute atomic E-state index is 0.609. The Hall–Kier alpha value is -1.81. The van der Waals surface area contributed by atoms with E-state index in [1.165, 1.54) is 29.8 Å². The Morgan fingerprint density at radius 1 is 1.38 bits per heavy atom. The van der Waals surface area contributed by atoms with Crippen LogP contribution >= 0.6 is 0 Å². The molecular formula is C17H20N2O2. The quantitative estimate of drug-likeness (QED) is 0.935. The maximum atomic E-state index is 5.65. The van der Waals surface area contributed by atoms with Crippen LogP contribution in [0.3, 0.4) is 0 Å². The molecule has 1 fully saturated rings. The van der Waals surface area contributed by atoms with E-state index in [0.29, 0.717) is 19.3 Å². The van der Waals surface area contributed by atoms with E-state index in [-0.39, 0.29) is 0 Å². The summed E-state index contributed by atoms with van der Waals surface area (Å²) in [5, 5.41) is 4.83. The number of benzene rings is 1. The van der Waals surface area contributed by atoms with Crippen molar-refractivity contribution in [3.63, 3.8) is 0 Å². The predicted molar refractivity (Wildman–Crippen MR) is 82.9 cm³/mol. The first kappa shape index (κ1) is 12.9. The van der Waals surface area contributed by atoms with Gasteiger partial charge in [-0.3, -0.25) is 4.98 Å². The molecule has 1 aliphatic carbocycles. The van der Waals surface area contributed by atoms with Crippen molar-refractivity contribution in [3.05, 3.63) is 29.5 Å². The van der Waals surface area contributed by atoms with E-state index < -0.39 is 0 Å². The second-order valence-electron chi connectivity index (χ2n) is 5.75. The van der Waals surface area contributed by atoms with Crippen molar-refractivity contribution < 1.29 is 9.47 Å². The summed E-state index contributed by atoms with van der Waals surface area (Å²) in [6.07, 6.45) is 3.41. The van der Waals surface area contributed by atoms with Gasteiger partial charge in [0.1, 0.15) is 5.75 Å². The molecule has 1 saturated carbocycles. The first-order valence-electron chi connectivity index (χ1n) is 7.77. The van der Waals surface area contributed by atoms with Gasteiger partial charge in [0.05, 0.1) is 36.7 Å². The maximum absolute atomic E-state index is 5.65. The van der Waals surface area contributed by atoms with Gasteiger partial charge in [-0.2, -0.15) is 0 Å². The molecule has 1 N–H and O–H groups in total. The van der Waals surface area contributed by atoms with Crippen LogP contribution in [-0.2, 0) is 17.8 Å². The molecule has 2 aromatic rings. The molecule has 110 valence electrons. The number of nitrogens with zero attached hydrogens (tertiary/aromatic N) is 1. The molecule has 0 atom stereocenters. The zero-order chi connectivity index (χ0) is 14.2. The van der Waals surface area contributed by atoms with Crippen molar-refractivity contribution in [1.29, 1.82) is 0 Å². The van der Waals surface area contributed by atoms with Crippen molar-refractivity contribution in [3.8, 4) is 5.75 Å². The molecule has 4 heteroatoms. The first-order valence-corrected chi connectivity index (χ1v) is 7.77. The standard InChI is InChI=1S/C17H20N2O2/c1-2-21-12-5-6-15-13(9-12)17(18-11-3-4-11)14-10-20-8-7-16(14)19-15/h5-6,9,11H,2-4,7-8,10H2,1H3,(H,18,19). The highest BCUT2D eigenvalue weighted by Crippen LogP contribution is 2.36. The Morgan fingerprint density at radius 3 is 3.10 bits per heavy atom. The molecular weight excluding hydrogens is 264 g/mol. The Kier molecular flexibility index (Phi) is 3.19. The summed E-state index contributed by atoms with van der Waals surface area (Å²) in [4.78, 5) is 4.83. The van der Waals surface area contributed by atoms with Crippen molar-refractivity contribution in [2.45, 2.75) is 38.8 Å². The third kappa shape index (κ3) is 2.44. The highest BCUT2D eigenvalue weighted by Gasteiger charge is 2.26. The molecule has 2 aliphatic rings. The lowest BCUT2D eigenvalue weighted by molar-refractivity contribution is 0.110. The molecule has 0 radical (unpaired) electrons. The van der Waals surface area contributed by atoms with Gasteiger partial charge in [0.15, 0.2) is 0 Å². The third-order valence-electron chi connectivity index (χ3n) is 4.11. The van der Waals surface area contributed by atoms with Gasteiger partial charge in [0.25, 0.3) is 0 Å². The highest BCUT2D eigenvalue weighted by atomic mass is 16.5. The molecule has 4 rings (SSSR count). The summed E-state index contributed by atoms with van der Waals surface area (Å²) in [6, 6.07) is 6.78. The average molecular weight is 284 g/mol. The second-order valence-corrected chi connectivity index (χ2v) is 5.75. The number of rotatable bonds is 4. The van der Waals surface area contributed by atoms with Crippen LogP contribution in [0.1, 0.15) is 31.0 Å². The second kappa shape index (κ2) is 5.19. The highest BCUT2D eigenvalue weighted by molar-refractivity contribution is 5.94. The lowest BCUT2D eigenvalue weighted by atomic mass is 10.0. The number of pyridine rings is 1. The maximum Gasteiger partial charge on any atom is 0.120 e. The minimum Gasteiger partial charge on any atom is -0.494 e. The normalized spacial score (nSPS) is 17.6. The summed E-state index contributed by atoms with van der Waals surface area (Å²) in [5.74, 6) is 0.905. The van der Waals surface area contributed by atoms with Crippen LogP contribution in [0.15, 0.2) is 18.2 Å². The van der Waals surface area contributed by atoms with Crippen molar-refractivity contribution in [2.75, 3.05) is 18.5 Å². The largest absolute Gasteiger partial charge is 0.494 e. The van der Waals surface area contributed by atoms with Crippen molar-refractivity contribution in [1.82, 2.24) is 4.98 Å². The van der Waals surface area contributed by atoms with Gasteiger partial charge in [0, 0.05) is 23.4 Å². The molecule has 4 nitrogen and oxygen atoms in total. The van der Waals surface area contributed by atoms with E-state index in [1.54, 1.807) is 0 Å². The summed E-state index contributed by atoms with van der Waals surface area (Å²) in [6.45, 7) is 4.11. The van der Waals surface area contributed by atoms with Gasteiger partial charge in [-0.15, -0.1) is 0 Å². The van der Waals surface area contributed by atoms with E-state index in [4.69, 9.17) is 14.5 Å². The van der Waals surface area contributed by atoms with Gasteiger partial charge in [-0.1, -0.05) is 0 Å². The van der Waals surface area contributed by atoms with E-state index in [1.807, 2.05) is 13.0 Å². The van der Waals surface area contributed by atoms with Crippen LogP contribution in [0.5, 0.6) is 5.75 Å². The summed E-state index contributed by atoms with van der Waals surface area (Å²) in [5.41, 5.74) is 4.66. The minimum atomic E-state index is 0.609. The monoisotopic (exact) mass is 284 g/mol. The number of nitrogens with one attached hydrogen (secondary N) is 1. The van der Waals surface area contributed by atoms with Gasteiger partial charge in [-0.05, 0) is 38.0 Å². The Morgan fingerprint density at radius 2 is 2.29 bits per heavy atom. The van der Waals surface area contributed by atoms with E-state index in [0.717, 1.165) is 29.7 Å². The third-order valence-corrected chi connectivity index (χ3v) is 4.11. The summed E-state index contributed by atoms with van der Waals surface area (Å²) < 4.78 is 11.3. The summed E-state index contributed by atoms with van der Waals surface area (Å²) in [7, 11) is 0. The van der Waals surface area contributed by atoms with Gasteiger partial charge in [-0.25, -0.2) is 0 Å². The van der Waals surface area contributed by atoms with Crippen LogP contribution in [0.25, 0.3) is 10.9 Å². The fraction of sp³-hybridized carbons (Fsp3) is 0.471.